The third kappa shape index (κ3) is 2.63. The molecule has 0 radical (unpaired) electrons. The Labute approximate surface area is 91.6 Å². The molecular formula is C11H20ClNO. The zero-order valence-corrected chi connectivity index (χ0v) is 10.1. The van der Waals surface area contributed by atoms with Crippen LogP contribution in [-0.2, 0) is 4.79 Å². The highest BCUT2D eigenvalue weighted by Crippen LogP contribution is 2.28. The summed E-state index contributed by atoms with van der Waals surface area (Å²) < 4.78 is 0. The molecule has 82 valence electrons. The number of alkyl halides is 1. The predicted molar refractivity (Wildman–Crippen MR) is 59.5 cm³/mol. The number of carbonyl (C=O) groups excluding carboxylic acids is 1. The van der Waals surface area contributed by atoms with Crippen molar-refractivity contribution >= 4 is 17.5 Å². The lowest BCUT2D eigenvalue weighted by atomic mass is 9.87. The van der Waals surface area contributed by atoms with Crippen molar-refractivity contribution < 1.29 is 4.79 Å². The van der Waals surface area contributed by atoms with Crippen molar-refractivity contribution in [2.24, 2.45) is 5.41 Å². The Kier molecular flexibility index (Phi) is 3.82. The van der Waals surface area contributed by atoms with Crippen LogP contribution < -0.4 is 0 Å². The van der Waals surface area contributed by atoms with Crippen LogP contribution in [0.25, 0.3) is 0 Å². The van der Waals surface area contributed by atoms with Gasteiger partial charge in [-0.3, -0.25) is 4.79 Å². The standard InChI is InChI=1S/C11H20ClNO/c1-11(2,3)10(14)13(8-7-12)9-5-4-6-9/h9H,4-8H2,1-3H3. The largest absolute Gasteiger partial charge is 0.338 e. The van der Waals surface area contributed by atoms with E-state index in [1.807, 2.05) is 25.7 Å². The van der Waals surface area contributed by atoms with Crippen molar-refractivity contribution in [2.75, 3.05) is 12.4 Å². The fourth-order valence-electron chi connectivity index (χ4n) is 1.67. The van der Waals surface area contributed by atoms with E-state index in [2.05, 4.69) is 0 Å². The summed E-state index contributed by atoms with van der Waals surface area (Å²) in [5.74, 6) is 0.779. The summed E-state index contributed by atoms with van der Waals surface area (Å²) in [5.41, 5.74) is -0.276. The van der Waals surface area contributed by atoms with Crippen molar-refractivity contribution in [3.05, 3.63) is 0 Å². The highest BCUT2D eigenvalue weighted by atomic mass is 35.5. The summed E-state index contributed by atoms with van der Waals surface area (Å²) in [6, 6.07) is 0.459. The van der Waals surface area contributed by atoms with Gasteiger partial charge >= 0.3 is 0 Å². The number of halogens is 1. The van der Waals surface area contributed by atoms with Gasteiger partial charge in [0.2, 0.25) is 5.91 Å². The van der Waals surface area contributed by atoms with Crippen molar-refractivity contribution in [1.29, 1.82) is 0 Å². The molecule has 1 amide bonds. The number of hydrogen-bond acceptors (Lipinski definition) is 1. The molecule has 0 N–H and O–H groups in total. The lowest BCUT2D eigenvalue weighted by Gasteiger charge is -2.40. The van der Waals surface area contributed by atoms with Crippen LogP contribution in [0.2, 0.25) is 0 Å². The van der Waals surface area contributed by atoms with Gasteiger partial charge in [-0.25, -0.2) is 0 Å². The zero-order chi connectivity index (χ0) is 10.8. The molecular weight excluding hydrogens is 198 g/mol. The van der Waals surface area contributed by atoms with E-state index in [1.54, 1.807) is 0 Å². The zero-order valence-electron chi connectivity index (χ0n) is 9.35. The van der Waals surface area contributed by atoms with Gasteiger partial charge in [0.15, 0.2) is 0 Å². The SMILES string of the molecule is CC(C)(C)C(=O)N(CCCl)C1CCC1. The number of carbonyl (C=O) groups is 1. The highest BCUT2D eigenvalue weighted by molar-refractivity contribution is 6.18. The van der Waals surface area contributed by atoms with E-state index in [0.29, 0.717) is 18.5 Å². The summed E-state index contributed by atoms with van der Waals surface area (Å²) in [6.07, 6.45) is 3.55. The molecule has 2 nitrogen and oxygen atoms in total. The molecule has 1 fully saturated rings. The summed E-state index contributed by atoms with van der Waals surface area (Å²) in [5, 5.41) is 0. The van der Waals surface area contributed by atoms with Crippen LogP contribution in [0.15, 0.2) is 0 Å². The first kappa shape index (κ1) is 11.8. The van der Waals surface area contributed by atoms with E-state index in [9.17, 15) is 4.79 Å². The number of amides is 1. The molecule has 3 heteroatoms. The second kappa shape index (κ2) is 4.52. The molecule has 1 aliphatic carbocycles. The van der Waals surface area contributed by atoms with Gasteiger partial charge in [0, 0.05) is 23.9 Å². The summed E-state index contributed by atoms with van der Waals surface area (Å²) >= 11 is 5.72. The lowest BCUT2D eigenvalue weighted by molar-refractivity contribution is -0.143. The smallest absolute Gasteiger partial charge is 0.228 e. The average molecular weight is 218 g/mol. The summed E-state index contributed by atoms with van der Waals surface area (Å²) in [7, 11) is 0. The van der Waals surface area contributed by atoms with Gasteiger partial charge in [0.25, 0.3) is 0 Å². The summed E-state index contributed by atoms with van der Waals surface area (Å²) in [4.78, 5) is 14.0. The minimum Gasteiger partial charge on any atom is -0.338 e. The monoisotopic (exact) mass is 217 g/mol. The third-order valence-electron chi connectivity index (χ3n) is 2.74. The quantitative estimate of drug-likeness (QED) is 0.666. The molecule has 0 unspecified atom stereocenters. The van der Waals surface area contributed by atoms with E-state index >= 15 is 0 Å². The van der Waals surface area contributed by atoms with E-state index in [4.69, 9.17) is 11.6 Å². The van der Waals surface area contributed by atoms with Crippen molar-refractivity contribution in [2.45, 2.75) is 46.1 Å². The highest BCUT2D eigenvalue weighted by Gasteiger charge is 2.33. The van der Waals surface area contributed by atoms with Crippen molar-refractivity contribution in [3.8, 4) is 0 Å². The Balaban J connectivity index is 2.61. The molecule has 0 heterocycles. The number of nitrogens with zero attached hydrogens (tertiary/aromatic N) is 1. The van der Waals surface area contributed by atoms with Crippen LogP contribution >= 0.6 is 11.6 Å². The van der Waals surface area contributed by atoms with E-state index in [0.717, 1.165) is 12.8 Å². The Morgan fingerprint density at radius 2 is 2.00 bits per heavy atom. The predicted octanol–water partition coefficient (Wildman–Crippen LogP) is 2.65. The van der Waals surface area contributed by atoms with Gasteiger partial charge < -0.3 is 4.90 Å². The molecule has 0 aliphatic heterocycles. The molecule has 0 atom stereocenters. The molecule has 0 aromatic heterocycles. The van der Waals surface area contributed by atoms with E-state index in [1.165, 1.54) is 6.42 Å². The molecule has 0 bridgehead atoms. The first-order valence-corrected chi connectivity index (χ1v) is 5.87. The minimum absolute atomic E-state index is 0.239. The Morgan fingerprint density at radius 3 is 2.29 bits per heavy atom. The molecule has 0 saturated heterocycles. The number of hydrogen-bond donors (Lipinski definition) is 0. The third-order valence-corrected chi connectivity index (χ3v) is 2.91. The van der Waals surface area contributed by atoms with Gasteiger partial charge in [0.05, 0.1) is 0 Å². The molecule has 1 aliphatic rings. The van der Waals surface area contributed by atoms with Gasteiger partial charge in [-0.05, 0) is 19.3 Å². The number of rotatable bonds is 3. The fourth-order valence-corrected chi connectivity index (χ4v) is 1.85. The van der Waals surface area contributed by atoms with E-state index < -0.39 is 0 Å². The van der Waals surface area contributed by atoms with Crippen LogP contribution in [0, 0.1) is 5.41 Å². The molecule has 1 saturated carbocycles. The maximum Gasteiger partial charge on any atom is 0.228 e. The Morgan fingerprint density at radius 1 is 1.43 bits per heavy atom. The summed E-state index contributed by atoms with van der Waals surface area (Å²) in [6.45, 7) is 6.60. The molecule has 0 aromatic carbocycles. The second-order valence-corrected chi connectivity index (χ2v) is 5.40. The van der Waals surface area contributed by atoms with Gasteiger partial charge in [0.1, 0.15) is 0 Å². The van der Waals surface area contributed by atoms with Crippen LogP contribution in [0.4, 0.5) is 0 Å². The van der Waals surface area contributed by atoms with Crippen LogP contribution in [0.5, 0.6) is 0 Å². The van der Waals surface area contributed by atoms with Gasteiger partial charge in [-0.2, -0.15) is 0 Å². The van der Waals surface area contributed by atoms with Crippen molar-refractivity contribution in [1.82, 2.24) is 4.90 Å². The Hall–Kier alpha value is -0.240. The van der Waals surface area contributed by atoms with Gasteiger partial charge in [-0.15, -0.1) is 11.6 Å². The Bertz CT molecular complexity index is 206. The maximum absolute atomic E-state index is 12.1. The minimum atomic E-state index is -0.276. The first-order valence-electron chi connectivity index (χ1n) is 5.34. The first-order chi connectivity index (χ1) is 6.46. The second-order valence-electron chi connectivity index (χ2n) is 5.02. The molecule has 0 spiro atoms. The van der Waals surface area contributed by atoms with Gasteiger partial charge in [-0.1, -0.05) is 20.8 Å². The molecule has 14 heavy (non-hydrogen) atoms. The fraction of sp³-hybridized carbons (Fsp3) is 0.909. The van der Waals surface area contributed by atoms with Crippen LogP contribution in [0.3, 0.4) is 0 Å². The lowest BCUT2D eigenvalue weighted by Crippen LogP contribution is -2.49. The van der Waals surface area contributed by atoms with Crippen LogP contribution in [-0.4, -0.2) is 29.3 Å². The maximum atomic E-state index is 12.1. The normalized spacial score (nSPS) is 17.7. The van der Waals surface area contributed by atoms with E-state index in [-0.39, 0.29) is 11.3 Å². The molecule has 0 aromatic rings. The topological polar surface area (TPSA) is 20.3 Å². The van der Waals surface area contributed by atoms with Crippen molar-refractivity contribution in [3.63, 3.8) is 0 Å². The van der Waals surface area contributed by atoms with Crippen LogP contribution in [0.1, 0.15) is 40.0 Å². The average Bonchev–Trinajstić information content (AvgIpc) is 1.97. The molecule has 1 rings (SSSR count).